The lowest BCUT2D eigenvalue weighted by molar-refractivity contribution is -0.136. The summed E-state index contributed by atoms with van der Waals surface area (Å²) in [5, 5.41) is 23.4. The van der Waals surface area contributed by atoms with E-state index in [0.29, 0.717) is 18.2 Å². The number of fused-ring (bicyclic) bond motifs is 1. The molecule has 0 atom stereocenters. The van der Waals surface area contributed by atoms with Gasteiger partial charge in [0.05, 0.1) is 18.2 Å². The van der Waals surface area contributed by atoms with Crippen molar-refractivity contribution in [2.24, 2.45) is 5.92 Å². The molecule has 0 bridgehead atoms. The maximum atomic E-state index is 13.5. The van der Waals surface area contributed by atoms with Gasteiger partial charge < -0.3 is 14.8 Å². The van der Waals surface area contributed by atoms with E-state index in [1.807, 2.05) is 4.57 Å². The number of carbonyl (C=O) groups excluding carboxylic acids is 1. The average molecular weight is 474 g/mol. The van der Waals surface area contributed by atoms with E-state index in [-0.39, 0.29) is 28.8 Å². The molecule has 1 fully saturated rings. The predicted molar refractivity (Wildman–Crippen MR) is 126 cm³/mol. The smallest absolute Gasteiger partial charge is 0.309 e. The highest BCUT2D eigenvalue weighted by Crippen LogP contribution is 2.27. The first-order chi connectivity index (χ1) is 15.9. The Morgan fingerprint density at radius 2 is 1.85 bits per heavy atom. The molecule has 2 heterocycles. The fourth-order valence-electron chi connectivity index (χ4n) is 4.94. The Bertz CT molecular complexity index is 1070. The van der Waals surface area contributed by atoms with E-state index < -0.39 is 11.9 Å². The molecule has 0 radical (unpaired) electrons. The largest absolute Gasteiger partial charge is 0.481 e. The standard InChI is InChI=1S/C24H31N3O5S/c28-18-9-7-15(8-10-18)13-27-20-6-4-2-1-3-5-16(20)11-19(23(27)32)22(31)26-24-25-17(14-33-24)12-21(29)30/h11,14-15,18,28H,1-10,12-13H2,(H,29,30)(H,25,26,31). The molecular formula is C24H31N3O5S. The lowest BCUT2D eigenvalue weighted by atomic mass is 9.87. The number of aliphatic hydroxyl groups is 1. The third-order valence-corrected chi connectivity index (χ3v) is 7.51. The highest BCUT2D eigenvalue weighted by atomic mass is 32.1. The summed E-state index contributed by atoms with van der Waals surface area (Å²) in [7, 11) is 0. The molecule has 4 rings (SSSR count). The number of aliphatic hydroxyl groups excluding tert-OH is 1. The molecule has 8 nitrogen and oxygen atoms in total. The van der Waals surface area contributed by atoms with Gasteiger partial charge in [-0.25, -0.2) is 4.98 Å². The molecule has 2 aliphatic carbocycles. The summed E-state index contributed by atoms with van der Waals surface area (Å²) < 4.78 is 1.83. The van der Waals surface area contributed by atoms with E-state index in [1.165, 1.54) is 0 Å². The van der Waals surface area contributed by atoms with Crippen molar-refractivity contribution in [3.8, 4) is 0 Å². The van der Waals surface area contributed by atoms with Crippen LogP contribution in [-0.4, -0.2) is 37.7 Å². The number of aryl methyl sites for hydroxylation is 1. The van der Waals surface area contributed by atoms with Crippen LogP contribution in [0.2, 0.25) is 0 Å². The minimum absolute atomic E-state index is 0.111. The summed E-state index contributed by atoms with van der Waals surface area (Å²) in [5.74, 6) is -1.18. The van der Waals surface area contributed by atoms with Gasteiger partial charge in [-0.15, -0.1) is 11.3 Å². The van der Waals surface area contributed by atoms with Crippen LogP contribution in [0.25, 0.3) is 0 Å². The second-order valence-corrected chi connectivity index (χ2v) is 10.1. The lowest BCUT2D eigenvalue weighted by Crippen LogP contribution is -2.35. The number of thiazole rings is 1. The van der Waals surface area contributed by atoms with Crippen molar-refractivity contribution >= 4 is 28.3 Å². The Morgan fingerprint density at radius 1 is 1.12 bits per heavy atom. The quantitative estimate of drug-likeness (QED) is 0.591. The van der Waals surface area contributed by atoms with Crippen LogP contribution in [0.1, 0.15) is 78.7 Å². The van der Waals surface area contributed by atoms with Crippen LogP contribution in [0.15, 0.2) is 16.2 Å². The number of amides is 1. The van der Waals surface area contributed by atoms with E-state index in [0.717, 1.165) is 86.8 Å². The number of nitrogens with one attached hydrogen (secondary N) is 1. The van der Waals surface area contributed by atoms with Gasteiger partial charge in [-0.05, 0) is 68.9 Å². The van der Waals surface area contributed by atoms with Crippen molar-refractivity contribution in [2.45, 2.75) is 83.3 Å². The second kappa shape index (κ2) is 10.6. The number of aliphatic carboxylic acids is 1. The predicted octanol–water partition coefficient (Wildman–Crippen LogP) is 3.39. The number of nitrogens with zero attached hydrogens (tertiary/aromatic N) is 2. The van der Waals surface area contributed by atoms with Crippen molar-refractivity contribution in [3.63, 3.8) is 0 Å². The van der Waals surface area contributed by atoms with E-state index >= 15 is 0 Å². The van der Waals surface area contributed by atoms with E-state index in [4.69, 9.17) is 5.11 Å². The van der Waals surface area contributed by atoms with Crippen LogP contribution in [0.3, 0.4) is 0 Å². The number of carboxylic acids is 1. The minimum Gasteiger partial charge on any atom is -0.481 e. The Balaban J connectivity index is 1.63. The molecule has 2 aromatic heterocycles. The van der Waals surface area contributed by atoms with Crippen LogP contribution < -0.4 is 10.9 Å². The first-order valence-corrected chi connectivity index (χ1v) is 12.7. The second-order valence-electron chi connectivity index (χ2n) is 9.20. The summed E-state index contributed by atoms with van der Waals surface area (Å²) in [6.45, 7) is 0.578. The van der Waals surface area contributed by atoms with Crippen LogP contribution in [-0.2, 0) is 30.6 Å². The van der Waals surface area contributed by atoms with Crippen LogP contribution >= 0.6 is 11.3 Å². The third kappa shape index (κ3) is 5.89. The van der Waals surface area contributed by atoms with Gasteiger partial charge in [0.25, 0.3) is 11.5 Å². The highest BCUT2D eigenvalue weighted by Gasteiger charge is 2.25. The first kappa shape index (κ1) is 23.6. The molecule has 0 aromatic carbocycles. The van der Waals surface area contributed by atoms with Crippen LogP contribution in [0, 0.1) is 5.92 Å². The fraction of sp³-hybridized carbons (Fsp3) is 0.583. The number of pyridine rings is 1. The van der Waals surface area contributed by atoms with E-state index in [9.17, 15) is 19.5 Å². The molecular weight excluding hydrogens is 442 g/mol. The average Bonchev–Trinajstić information content (AvgIpc) is 3.18. The molecule has 0 saturated heterocycles. The SMILES string of the molecule is O=C(O)Cc1csc(NC(=O)c2cc3c(n(CC4CCC(O)CC4)c2=O)CCCCCC3)n1. The van der Waals surface area contributed by atoms with Crippen molar-refractivity contribution in [2.75, 3.05) is 5.32 Å². The molecule has 0 unspecified atom stereocenters. The Hall–Kier alpha value is -2.52. The van der Waals surface area contributed by atoms with Gasteiger partial charge >= 0.3 is 5.97 Å². The Morgan fingerprint density at radius 3 is 2.58 bits per heavy atom. The first-order valence-electron chi connectivity index (χ1n) is 11.8. The molecule has 2 aliphatic rings. The topological polar surface area (TPSA) is 122 Å². The maximum absolute atomic E-state index is 13.5. The summed E-state index contributed by atoms with van der Waals surface area (Å²) in [4.78, 5) is 41.7. The number of carboxylic acid groups (broad SMARTS) is 1. The monoisotopic (exact) mass is 473 g/mol. The maximum Gasteiger partial charge on any atom is 0.309 e. The fourth-order valence-corrected chi connectivity index (χ4v) is 5.65. The third-order valence-electron chi connectivity index (χ3n) is 6.71. The summed E-state index contributed by atoms with van der Waals surface area (Å²) in [6.07, 6.45) is 8.85. The summed E-state index contributed by atoms with van der Waals surface area (Å²) >= 11 is 1.15. The van der Waals surface area contributed by atoms with Gasteiger partial charge in [-0.3, -0.25) is 19.7 Å². The molecule has 9 heteroatoms. The van der Waals surface area contributed by atoms with Crippen LogP contribution in [0.4, 0.5) is 5.13 Å². The molecule has 0 aliphatic heterocycles. The Kier molecular flexibility index (Phi) is 7.60. The summed E-state index contributed by atoms with van der Waals surface area (Å²) in [5.41, 5.74) is 2.33. The van der Waals surface area contributed by atoms with Crippen molar-refractivity contribution in [1.29, 1.82) is 0 Å². The zero-order chi connectivity index (χ0) is 23.4. The number of aromatic nitrogens is 2. The number of carbonyl (C=O) groups is 2. The molecule has 3 N–H and O–H groups in total. The van der Waals surface area contributed by atoms with Crippen LogP contribution in [0.5, 0.6) is 0 Å². The molecule has 1 saturated carbocycles. The van der Waals surface area contributed by atoms with Crippen molar-refractivity contribution in [1.82, 2.24) is 9.55 Å². The lowest BCUT2D eigenvalue weighted by Gasteiger charge is -2.28. The van der Waals surface area contributed by atoms with Gasteiger partial charge in [0.2, 0.25) is 0 Å². The number of hydrogen-bond donors (Lipinski definition) is 3. The van der Waals surface area contributed by atoms with E-state index in [2.05, 4.69) is 10.3 Å². The highest BCUT2D eigenvalue weighted by molar-refractivity contribution is 7.14. The molecule has 2 aromatic rings. The van der Waals surface area contributed by atoms with Gasteiger partial charge in [-0.1, -0.05) is 12.8 Å². The molecule has 1 amide bonds. The Labute approximate surface area is 196 Å². The van der Waals surface area contributed by atoms with Gasteiger partial charge in [0.1, 0.15) is 5.56 Å². The molecule has 0 spiro atoms. The zero-order valence-electron chi connectivity index (χ0n) is 18.7. The number of hydrogen-bond acceptors (Lipinski definition) is 6. The zero-order valence-corrected chi connectivity index (χ0v) is 19.5. The number of rotatable bonds is 6. The van der Waals surface area contributed by atoms with Gasteiger partial charge in [0, 0.05) is 17.6 Å². The normalized spacial score (nSPS) is 21.0. The summed E-state index contributed by atoms with van der Waals surface area (Å²) in [6, 6.07) is 1.76. The van der Waals surface area contributed by atoms with E-state index in [1.54, 1.807) is 11.4 Å². The molecule has 33 heavy (non-hydrogen) atoms. The van der Waals surface area contributed by atoms with Crippen molar-refractivity contribution in [3.05, 3.63) is 44.3 Å². The molecule has 178 valence electrons. The minimum atomic E-state index is -0.988. The number of anilines is 1. The van der Waals surface area contributed by atoms with Crippen molar-refractivity contribution < 1.29 is 19.8 Å². The van der Waals surface area contributed by atoms with Gasteiger partial charge in [-0.2, -0.15) is 0 Å². The van der Waals surface area contributed by atoms with Gasteiger partial charge in [0.15, 0.2) is 5.13 Å².